The van der Waals surface area contributed by atoms with Crippen molar-refractivity contribution < 1.29 is 0 Å². The smallest absolute Gasteiger partial charge is 0.0240 e. The van der Waals surface area contributed by atoms with Crippen LogP contribution in [0.5, 0.6) is 0 Å². The first-order valence-corrected chi connectivity index (χ1v) is 10.9. The predicted molar refractivity (Wildman–Crippen MR) is 92.4 cm³/mol. The van der Waals surface area contributed by atoms with E-state index < -0.39 is 0 Å². The molecule has 0 nitrogen and oxygen atoms in total. The molecule has 0 saturated carbocycles. The fourth-order valence-corrected chi connectivity index (χ4v) is 10.4. The highest BCUT2D eigenvalue weighted by Gasteiger charge is 2.41. The maximum absolute atomic E-state index is 2.35. The van der Waals surface area contributed by atoms with E-state index in [1.807, 2.05) is 0 Å². The van der Waals surface area contributed by atoms with Gasteiger partial charge in [0, 0.05) is 0 Å². The highest BCUT2D eigenvalue weighted by atomic mass is 31.1. The van der Waals surface area contributed by atoms with Crippen molar-refractivity contribution in [3.05, 3.63) is 60.7 Å². The zero-order chi connectivity index (χ0) is 13.4. The zero-order valence-corrected chi connectivity index (χ0v) is 13.4. The summed E-state index contributed by atoms with van der Waals surface area (Å²) >= 11 is 0. The molecule has 0 N–H and O–H groups in total. The van der Waals surface area contributed by atoms with Crippen molar-refractivity contribution in [1.29, 1.82) is 0 Å². The lowest BCUT2D eigenvalue weighted by molar-refractivity contribution is 0.533. The molecule has 2 aliphatic heterocycles. The van der Waals surface area contributed by atoms with Crippen LogP contribution in [0.3, 0.4) is 0 Å². The topological polar surface area (TPSA) is 0 Å². The lowest BCUT2D eigenvalue weighted by atomic mass is 10.0. The maximum atomic E-state index is 2.35. The van der Waals surface area contributed by atoms with Gasteiger partial charge in [-0.2, -0.15) is 0 Å². The van der Waals surface area contributed by atoms with Gasteiger partial charge in [0.15, 0.2) is 0 Å². The van der Waals surface area contributed by atoms with Crippen LogP contribution in [-0.4, -0.2) is 24.6 Å². The molecule has 0 aliphatic carbocycles. The Balaban J connectivity index is 1.46. The van der Waals surface area contributed by atoms with Crippen LogP contribution >= 0.6 is 15.8 Å². The molecule has 0 radical (unpaired) electrons. The second-order valence-electron chi connectivity index (χ2n) is 6.00. The summed E-state index contributed by atoms with van der Waals surface area (Å²) in [7, 11) is 0.298. The third-order valence-corrected chi connectivity index (χ3v) is 10.4. The van der Waals surface area contributed by atoms with E-state index >= 15 is 0 Å². The average Bonchev–Trinajstić information content (AvgIpc) is 3.08. The Hall–Kier alpha value is -0.700. The molecule has 0 spiro atoms. The van der Waals surface area contributed by atoms with Crippen molar-refractivity contribution in [2.45, 2.75) is 0 Å². The predicted octanol–water partition coefficient (Wildman–Crippen LogP) is 3.86. The van der Waals surface area contributed by atoms with Gasteiger partial charge in [-0.25, -0.2) is 0 Å². The molecule has 4 rings (SSSR count). The lowest BCUT2D eigenvalue weighted by Crippen LogP contribution is -2.07. The van der Waals surface area contributed by atoms with E-state index in [9.17, 15) is 0 Å². The Bertz CT molecular complexity index is 501. The van der Waals surface area contributed by atoms with Crippen molar-refractivity contribution in [1.82, 2.24) is 0 Å². The summed E-state index contributed by atoms with van der Waals surface area (Å²) in [5.74, 6) is 2.04. The number of hydrogen-bond acceptors (Lipinski definition) is 0. The average molecular weight is 298 g/mol. The minimum absolute atomic E-state index is 0.149. The van der Waals surface area contributed by atoms with E-state index in [2.05, 4.69) is 60.7 Å². The monoisotopic (exact) mass is 298 g/mol. The molecule has 2 saturated heterocycles. The number of benzene rings is 2. The molecule has 2 fully saturated rings. The molecule has 2 aromatic rings. The molecule has 2 heteroatoms. The summed E-state index contributed by atoms with van der Waals surface area (Å²) in [6.45, 7) is 0. The molecule has 2 heterocycles. The third-order valence-electron chi connectivity index (χ3n) is 4.73. The highest BCUT2D eigenvalue weighted by Crippen LogP contribution is 2.59. The molecule has 0 aromatic heterocycles. The summed E-state index contributed by atoms with van der Waals surface area (Å²) in [5, 5.41) is 3.28. The lowest BCUT2D eigenvalue weighted by Gasteiger charge is -2.16. The van der Waals surface area contributed by atoms with Gasteiger partial charge in [0.05, 0.1) is 0 Å². The van der Waals surface area contributed by atoms with Crippen molar-refractivity contribution in [2.75, 3.05) is 24.6 Å². The number of rotatable bonds is 2. The Kier molecular flexibility index (Phi) is 3.63. The van der Waals surface area contributed by atoms with Gasteiger partial charge in [0.1, 0.15) is 0 Å². The van der Waals surface area contributed by atoms with Gasteiger partial charge < -0.3 is 0 Å². The van der Waals surface area contributed by atoms with E-state index in [0.717, 1.165) is 11.8 Å². The minimum Gasteiger partial charge on any atom is -0.0747 e. The molecular weight excluding hydrogens is 278 g/mol. The van der Waals surface area contributed by atoms with Crippen LogP contribution in [0, 0.1) is 11.8 Å². The Morgan fingerprint density at radius 1 is 0.550 bits per heavy atom. The SMILES string of the molecule is c1ccc(P2CC3CP(c4ccccc4)CC3C2)cc1. The first kappa shape index (κ1) is 13.0. The molecule has 0 bridgehead atoms. The Morgan fingerprint density at radius 2 is 0.900 bits per heavy atom. The molecule has 0 unspecified atom stereocenters. The first-order valence-electron chi connectivity index (χ1n) is 7.50. The minimum atomic E-state index is 0.149. The third kappa shape index (κ3) is 2.45. The van der Waals surface area contributed by atoms with E-state index in [1.54, 1.807) is 10.6 Å². The number of hydrogen-bond donors (Lipinski definition) is 0. The molecular formula is C18H20P2. The van der Waals surface area contributed by atoms with Crippen molar-refractivity contribution >= 4 is 26.5 Å². The summed E-state index contributed by atoms with van der Waals surface area (Å²) < 4.78 is 0. The van der Waals surface area contributed by atoms with E-state index in [-0.39, 0.29) is 15.8 Å². The molecule has 0 amide bonds. The van der Waals surface area contributed by atoms with Gasteiger partial charge in [-0.05, 0) is 47.1 Å². The Morgan fingerprint density at radius 3 is 1.25 bits per heavy atom. The van der Waals surface area contributed by atoms with Gasteiger partial charge in [-0.3, -0.25) is 0 Å². The molecule has 2 aromatic carbocycles. The standard InChI is InChI=1S/C18H20P2/c1-3-7-17(8-4-1)19-11-15-13-20(14-16(15)12-19)18-9-5-2-6-10-18/h1-10,15-16H,11-14H2. The summed E-state index contributed by atoms with van der Waals surface area (Å²) in [6.07, 6.45) is 5.98. The molecule has 2 aliphatic rings. The van der Waals surface area contributed by atoms with Gasteiger partial charge in [0.2, 0.25) is 0 Å². The normalized spacial score (nSPS) is 32.2. The van der Waals surface area contributed by atoms with Crippen LogP contribution in [0.1, 0.15) is 0 Å². The van der Waals surface area contributed by atoms with Gasteiger partial charge in [0.25, 0.3) is 0 Å². The van der Waals surface area contributed by atoms with Crippen LogP contribution in [0.4, 0.5) is 0 Å². The summed E-state index contributed by atoms with van der Waals surface area (Å²) in [5.41, 5.74) is 0. The van der Waals surface area contributed by atoms with Crippen LogP contribution < -0.4 is 10.6 Å². The van der Waals surface area contributed by atoms with E-state index in [1.165, 1.54) is 24.6 Å². The van der Waals surface area contributed by atoms with Crippen molar-refractivity contribution in [3.63, 3.8) is 0 Å². The Labute approximate surface area is 124 Å². The first-order chi connectivity index (χ1) is 9.90. The van der Waals surface area contributed by atoms with Crippen LogP contribution in [0.15, 0.2) is 60.7 Å². The van der Waals surface area contributed by atoms with E-state index in [0.29, 0.717) is 0 Å². The van der Waals surface area contributed by atoms with Crippen molar-refractivity contribution in [3.8, 4) is 0 Å². The largest absolute Gasteiger partial charge is 0.0747 e. The van der Waals surface area contributed by atoms with Crippen LogP contribution in [0.25, 0.3) is 0 Å². The summed E-state index contributed by atoms with van der Waals surface area (Å²) in [4.78, 5) is 0. The molecule has 0 atom stereocenters. The van der Waals surface area contributed by atoms with Crippen LogP contribution in [-0.2, 0) is 0 Å². The van der Waals surface area contributed by atoms with Gasteiger partial charge >= 0.3 is 0 Å². The van der Waals surface area contributed by atoms with E-state index in [4.69, 9.17) is 0 Å². The highest BCUT2D eigenvalue weighted by molar-refractivity contribution is 7.68. The number of fused-ring (bicyclic) bond motifs is 1. The second kappa shape index (κ2) is 5.59. The van der Waals surface area contributed by atoms with Gasteiger partial charge in [-0.1, -0.05) is 76.5 Å². The second-order valence-corrected chi connectivity index (χ2v) is 10.7. The quantitative estimate of drug-likeness (QED) is 0.739. The summed E-state index contributed by atoms with van der Waals surface area (Å²) in [6, 6.07) is 22.5. The fourth-order valence-electron chi connectivity index (χ4n) is 3.69. The van der Waals surface area contributed by atoms with Crippen LogP contribution in [0.2, 0.25) is 0 Å². The maximum Gasteiger partial charge on any atom is -0.0240 e. The molecule has 20 heavy (non-hydrogen) atoms. The zero-order valence-electron chi connectivity index (χ0n) is 11.7. The van der Waals surface area contributed by atoms with Gasteiger partial charge in [-0.15, -0.1) is 0 Å². The molecule has 102 valence electrons. The van der Waals surface area contributed by atoms with Crippen molar-refractivity contribution in [2.24, 2.45) is 11.8 Å². The fraction of sp³-hybridized carbons (Fsp3) is 0.333.